The van der Waals surface area contributed by atoms with Crippen molar-refractivity contribution in [2.75, 3.05) is 43.4 Å². The van der Waals surface area contributed by atoms with Crippen LogP contribution in [0.1, 0.15) is 23.6 Å². The number of nitrogen functional groups attached to an aromatic ring is 1. The molecule has 0 spiro atoms. The number of nitriles is 3. The van der Waals surface area contributed by atoms with E-state index in [9.17, 15) is 15.3 Å². The summed E-state index contributed by atoms with van der Waals surface area (Å²) in [6.07, 6.45) is -0.478. The number of aromatic nitrogens is 1. The lowest BCUT2D eigenvalue weighted by molar-refractivity contribution is 0.105. The minimum absolute atomic E-state index is 0.00503. The monoisotopic (exact) mass is 339 g/mol. The van der Waals surface area contributed by atoms with Crippen LogP contribution in [0.5, 0.6) is 0 Å². The molecule has 2 N–H and O–H groups in total. The molecule has 1 fully saturated rings. The maximum absolute atomic E-state index is 11.8. The van der Waals surface area contributed by atoms with Crippen molar-refractivity contribution in [3.63, 3.8) is 0 Å². The second-order valence-electron chi connectivity index (χ2n) is 5.28. The molecular weight excluding hydrogens is 322 g/mol. The molecule has 0 radical (unpaired) electrons. The third-order valence-electron chi connectivity index (χ3n) is 3.89. The summed E-state index contributed by atoms with van der Waals surface area (Å²) in [4.78, 5) is 19.4. The molecule has 2 rings (SSSR count). The molecule has 1 aliphatic heterocycles. The van der Waals surface area contributed by atoms with Gasteiger partial charge in [-0.2, -0.15) is 15.8 Å². The highest BCUT2D eigenvalue weighted by atomic mass is 16.6. The van der Waals surface area contributed by atoms with Crippen LogP contribution in [0.2, 0.25) is 0 Å². The summed E-state index contributed by atoms with van der Waals surface area (Å²) in [6, 6.07) is 5.90. The van der Waals surface area contributed by atoms with Crippen molar-refractivity contribution in [3.05, 3.63) is 16.7 Å². The topological polar surface area (TPSA) is 143 Å². The Labute approximate surface area is 145 Å². The van der Waals surface area contributed by atoms with Crippen LogP contribution in [0, 0.1) is 34.0 Å². The van der Waals surface area contributed by atoms with Crippen molar-refractivity contribution in [2.45, 2.75) is 13.3 Å². The summed E-state index contributed by atoms with van der Waals surface area (Å²) < 4.78 is 4.98. The van der Waals surface area contributed by atoms with Gasteiger partial charge in [-0.3, -0.25) is 0 Å². The minimum Gasteiger partial charge on any atom is -0.450 e. The molecule has 1 aliphatic rings. The number of hydrogen-bond donors (Lipinski definition) is 1. The van der Waals surface area contributed by atoms with Gasteiger partial charge in [-0.25, -0.2) is 9.78 Å². The van der Waals surface area contributed by atoms with Gasteiger partial charge in [-0.15, -0.1) is 0 Å². The predicted molar refractivity (Wildman–Crippen MR) is 88.2 cm³/mol. The highest BCUT2D eigenvalue weighted by Crippen LogP contribution is 2.28. The Morgan fingerprint density at radius 3 is 2.36 bits per heavy atom. The second-order valence-corrected chi connectivity index (χ2v) is 5.28. The van der Waals surface area contributed by atoms with Crippen molar-refractivity contribution < 1.29 is 9.53 Å². The smallest absolute Gasteiger partial charge is 0.409 e. The van der Waals surface area contributed by atoms with Gasteiger partial charge in [0.2, 0.25) is 0 Å². The Kier molecular flexibility index (Phi) is 5.60. The third-order valence-corrected chi connectivity index (χ3v) is 3.89. The van der Waals surface area contributed by atoms with E-state index in [-0.39, 0.29) is 29.5 Å². The van der Waals surface area contributed by atoms with Gasteiger partial charge in [0.1, 0.15) is 29.3 Å². The van der Waals surface area contributed by atoms with Gasteiger partial charge in [0, 0.05) is 31.7 Å². The first-order chi connectivity index (χ1) is 12.1. The number of anilines is 2. The molecule has 128 valence electrons. The average Bonchev–Trinajstić information content (AvgIpc) is 2.62. The van der Waals surface area contributed by atoms with Gasteiger partial charge >= 0.3 is 6.09 Å². The van der Waals surface area contributed by atoms with Crippen LogP contribution < -0.4 is 10.6 Å². The molecule has 25 heavy (non-hydrogen) atoms. The van der Waals surface area contributed by atoms with Gasteiger partial charge in [0.25, 0.3) is 0 Å². The first-order valence-corrected chi connectivity index (χ1v) is 7.73. The van der Waals surface area contributed by atoms with E-state index in [1.807, 2.05) is 23.1 Å². The number of carbonyl (C=O) groups is 1. The highest BCUT2D eigenvalue weighted by Gasteiger charge is 2.27. The predicted octanol–water partition coefficient (Wildman–Crippen LogP) is 0.752. The zero-order chi connectivity index (χ0) is 18.4. The Hall–Kier alpha value is -3.51. The van der Waals surface area contributed by atoms with Gasteiger partial charge < -0.3 is 20.3 Å². The standard InChI is InChI=1S/C16H17N7O2/c1-2-25-16(24)23-7-5-22(6-8-23)15-13(10-19)11(3-4-17)12(9-18)14(20)21-15/h2-3,5-8H2,1H3,(H2,20,21). The number of nitrogens with zero attached hydrogens (tertiary/aromatic N) is 6. The van der Waals surface area contributed by atoms with Gasteiger partial charge in [-0.1, -0.05) is 0 Å². The number of piperazine rings is 1. The summed E-state index contributed by atoms with van der Waals surface area (Å²) in [6.45, 7) is 3.77. The summed E-state index contributed by atoms with van der Waals surface area (Å²) in [5.41, 5.74) is 6.38. The fourth-order valence-corrected chi connectivity index (χ4v) is 2.68. The third kappa shape index (κ3) is 3.54. The summed E-state index contributed by atoms with van der Waals surface area (Å²) >= 11 is 0. The number of carbonyl (C=O) groups excluding carboxylic acids is 1. The molecule has 0 saturated carbocycles. The molecule has 9 nitrogen and oxygen atoms in total. The van der Waals surface area contributed by atoms with Gasteiger partial charge in [0.05, 0.1) is 24.7 Å². The Balaban J connectivity index is 2.32. The molecule has 0 aromatic carbocycles. The Morgan fingerprint density at radius 1 is 1.20 bits per heavy atom. The quantitative estimate of drug-likeness (QED) is 0.849. The molecule has 1 amide bonds. The number of rotatable bonds is 3. The van der Waals surface area contributed by atoms with Crippen LogP contribution in [0.25, 0.3) is 0 Å². The molecule has 0 aliphatic carbocycles. The van der Waals surface area contributed by atoms with Crippen molar-refractivity contribution in [3.8, 4) is 18.2 Å². The molecule has 1 saturated heterocycles. The summed E-state index contributed by atoms with van der Waals surface area (Å²) in [7, 11) is 0. The van der Waals surface area contributed by atoms with Crippen molar-refractivity contribution >= 4 is 17.7 Å². The highest BCUT2D eigenvalue weighted by molar-refractivity contribution is 5.70. The number of pyridine rings is 1. The van der Waals surface area contributed by atoms with E-state index >= 15 is 0 Å². The lowest BCUT2D eigenvalue weighted by Gasteiger charge is -2.35. The van der Waals surface area contributed by atoms with Crippen LogP contribution in [-0.2, 0) is 11.2 Å². The summed E-state index contributed by atoms with van der Waals surface area (Å²) in [5, 5.41) is 27.7. The SMILES string of the molecule is CCOC(=O)N1CCN(c2nc(N)c(C#N)c(CC#N)c2C#N)CC1. The van der Waals surface area contributed by atoms with E-state index < -0.39 is 0 Å². The van der Waals surface area contributed by atoms with E-state index in [0.717, 1.165) is 0 Å². The summed E-state index contributed by atoms with van der Waals surface area (Å²) in [5.74, 6) is 0.335. The fourth-order valence-electron chi connectivity index (χ4n) is 2.68. The van der Waals surface area contributed by atoms with E-state index in [0.29, 0.717) is 44.2 Å². The lowest BCUT2D eigenvalue weighted by Crippen LogP contribution is -2.49. The molecule has 0 bridgehead atoms. The number of ether oxygens (including phenoxy) is 1. The van der Waals surface area contributed by atoms with Crippen molar-refractivity contribution in [2.24, 2.45) is 0 Å². The van der Waals surface area contributed by atoms with E-state index in [1.165, 1.54) is 0 Å². The van der Waals surface area contributed by atoms with Crippen LogP contribution in [-0.4, -0.2) is 48.8 Å². The van der Waals surface area contributed by atoms with E-state index in [4.69, 9.17) is 15.7 Å². The van der Waals surface area contributed by atoms with E-state index in [2.05, 4.69) is 4.98 Å². The molecule has 1 aromatic rings. The van der Waals surface area contributed by atoms with Crippen molar-refractivity contribution in [1.82, 2.24) is 9.88 Å². The molecule has 1 aromatic heterocycles. The second kappa shape index (κ2) is 7.85. The van der Waals surface area contributed by atoms with Crippen LogP contribution >= 0.6 is 0 Å². The van der Waals surface area contributed by atoms with E-state index in [1.54, 1.807) is 11.8 Å². The lowest BCUT2D eigenvalue weighted by atomic mass is 10.0. The maximum Gasteiger partial charge on any atom is 0.409 e. The molecule has 0 unspecified atom stereocenters. The number of amides is 1. The molecule has 2 heterocycles. The Morgan fingerprint density at radius 2 is 1.84 bits per heavy atom. The number of nitrogens with two attached hydrogens (primary N) is 1. The first kappa shape index (κ1) is 17.8. The average molecular weight is 339 g/mol. The minimum atomic E-state index is -0.375. The number of hydrogen-bond acceptors (Lipinski definition) is 8. The molecule has 9 heteroatoms. The Bertz CT molecular complexity index is 793. The zero-order valence-electron chi connectivity index (χ0n) is 13.8. The van der Waals surface area contributed by atoms with Crippen LogP contribution in [0.4, 0.5) is 16.4 Å². The molecule has 0 atom stereocenters. The van der Waals surface area contributed by atoms with Gasteiger partial charge in [-0.05, 0) is 6.92 Å². The van der Waals surface area contributed by atoms with Crippen LogP contribution in [0.15, 0.2) is 0 Å². The first-order valence-electron chi connectivity index (χ1n) is 7.73. The van der Waals surface area contributed by atoms with Crippen molar-refractivity contribution in [1.29, 1.82) is 15.8 Å². The fraction of sp³-hybridized carbons (Fsp3) is 0.438. The maximum atomic E-state index is 11.8. The normalized spacial score (nSPS) is 13.5. The largest absolute Gasteiger partial charge is 0.450 e. The van der Waals surface area contributed by atoms with Gasteiger partial charge in [0.15, 0.2) is 0 Å². The molecular formula is C16H17N7O2. The van der Waals surface area contributed by atoms with Crippen LogP contribution in [0.3, 0.4) is 0 Å². The zero-order valence-corrected chi connectivity index (χ0v) is 13.8.